The van der Waals surface area contributed by atoms with Crippen LogP contribution in [0.1, 0.15) is 39.7 Å². The third kappa shape index (κ3) is 5.68. The van der Waals surface area contributed by atoms with Crippen molar-refractivity contribution in [2.75, 3.05) is 13.2 Å². The van der Waals surface area contributed by atoms with Crippen LogP contribution in [0.15, 0.2) is 29.3 Å². The molecule has 0 fully saturated rings. The quantitative estimate of drug-likeness (QED) is 0.431. The van der Waals surface area contributed by atoms with Gasteiger partial charge in [-0.25, -0.2) is 9.79 Å². The van der Waals surface area contributed by atoms with Crippen molar-refractivity contribution >= 4 is 23.5 Å². The molecular formula is C17H24ClNO3. The molecule has 5 heteroatoms. The van der Waals surface area contributed by atoms with E-state index >= 15 is 0 Å². The fourth-order valence-corrected chi connectivity index (χ4v) is 2.20. The van der Waals surface area contributed by atoms with Gasteiger partial charge in [0.15, 0.2) is 6.04 Å². The Hall–Kier alpha value is -1.55. The summed E-state index contributed by atoms with van der Waals surface area (Å²) in [5.74, 6) is 0.361. The van der Waals surface area contributed by atoms with E-state index in [1.54, 1.807) is 13.0 Å². The highest BCUT2D eigenvalue weighted by Gasteiger charge is 2.22. The zero-order valence-corrected chi connectivity index (χ0v) is 14.4. The summed E-state index contributed by atoms with van der Waals surface area (Å²) >= 11 is 6.21. The van der Waals surface area contributed by atoms with E-state index in [0.29, 0.717) is 42.0 Å². The summed E-state index contributed by atoms with van der Waals surface area (Å²) in [5.41, 5.74) is 0.684. The Balaban J connectivity index is 3.15. The second-order valence-electron chi connectivity index (χ2n) is 5.24. The average Bonchev–Trinajstić information content (AvgIpc) is 2.46. The molecule has 0 saturated heterocycles. The summed E-state index contributed by atoms with van der Waals surface area (Å²) in [6.45, 7) is 8.51. The van der Waals surface area contributed by atoms with Crippen LogP contribution in [0.3, 0.4) is 0 Å². The van der Waals surface area contributed by atoms with Crippen molar-refractivity contribution in [3.8, 4) is 0 Å². The highest BCUT2D eigenvalue weighted by molar-refractivity contribution is 6.33. The number of carbonyl (C=O) groups excluding carboxylic acids is 1. The summed E-state index contributed by atoms with van der Waals surface area (Å²) in [4.78, 5) is 16.6. The molecule has 0 aromatic heterocycles. The fraction of sp³-hybridized carbons (Fsp3) is 0.529. The monoisotopic (exact) mass is 325 g/mol. The Morgan fingerprint density at radius 2 is 1.82 bits per heavy atom. The topological polar surface area (TPSA) is 47.9 Å². The Labute approximate surface area is 137 Å². The van der Waals surface area contributed by atoms with Gasteiger partial charge in [-0.05, 0) is 38.3 Å². The lowest BCUT2D eigenvalue weighted by atomic mass is 10.0. The molecule has 0 saturated carbocycles. The normalized spacial score (nSPS) is 13.1. The number of aliphatic imine (C=N–C) groups is 1. The van der Waals surface area contributed by atoms with E-state index < -0.39 is 6.04 Å². The zero-order chi connectivity index (χ0) is 16.5. The summed E-state index contributed by atoms with van der Waals surface area (Å²) in [7, 11) is 0. The number of ether oxygens (including phenoxy) is 2. The number of benzene rings is 1. The van der Waals surface area contributed by atoms with E-state index in [-0.39, 0.29) is 5.97 Å². The van der Waals surface area contributed by atoms with Gasteiger partial charge in [0.25, 0.3) is 0 Å². The van der Waals surface area contributed by atoms with Crippen LogP contribution in [-0.4, -0.2) is 31.1 Å². The van der Waals surface area contributed by atoms with Gasteiger partial charge in [0.1, 0.15) is 0 Å². The Morgan fingerprint density at radius 1 is 1.18 bits per heavy atom. The van der Waals surface area contributed by atoms with Crippen LogP contribution in [0.4, 0.5) is 0 Å². The van der Waals surface area contributed by atoms with Gasteiger partial charge in [-0.15, -0.1) is 0 Å². The van der Waals surface area contributed by atoms with Crippen molar-refractivity contribution in [2.24, 2.45) is 10.9 Å². The summed E-state index contributed by atoms with van der Waals surface area (Å²) < 4.78 is 10.7. The molecule has 0 bridgehead atoms. The molecule has 0 aliphatic carbocycles. The lowest BCUT2D eigenvalue weighted by Crippen LogP contribution is -2.26. The largest absolute Gasteiger partial charge is 0.478 e. The molecule has 0 aliphatic rings. The van der Waals surface area contributed by atoms with Crippen molar-refractivity contribution < 1.29 is 14.3 Å². The lowest BCUT2D eigenvalue weighted by molar-refractivity contribution is -0.145. The van der Waals surface area contributed by atoms with Gasteiger partial charge in [-0.2, -0.15) is 0 Å². The van der Waals surface area contributed by atoms with E-state index in [1.165, 1.54) is 0 Å². The van der Waals surface area contributed by atoms with Gasteiger partial charge in [0.05, 0.1) is 23.8 Å². The van der Waals surface area contributed by atoms with Crippen molar-refractivity contribution in [3.63, 3.8) is 0 Å². The van der Waals surface area contributed by atoms with E-state index in [0.717, 1.165) is 0 Å². The highest BCUT2D eigenvalue weighted by Crippen LogP contribution is 2.19. The van der Waals surface area contributed by atoms with Gasteiger partial charge in [-0.1, -0.05) is 37.6 Å². The standard InChI is InChI=1S/C17H24ClNO3/c1-5-21-16(13-9-7-8-10-14(13)18)19-15(11-12(3)4)17(20)22-6-2/h7-10,12,15H,5-6,11H2,1-4H3/b19-16+. The molecule has 1 aromatic carbocycles. The minimum atomic E-state index is -0.585. The SMILES string of the molecule is CCOC(=O)C(CC(C)C)/N=C(/OCC)c1ccccc1Cl. The summed E-state index contributed by atoms with van der Waals surface area (Å²) in [6, 6.07) is 6.71. The second-order valence-corrected chi connectivity index (χ2v) is 5.65. The molecule has 22 heavy (non-hydrogen) atoms. The van der Waals surface area contributed by atoms with Gasteiger partial charge in [-0.3, -0.25) is 0 Å². The van der Waals surface area contributed by atoms with Gasteiger partial charge >= 0.3 is 5.97 Å². The van der Waals surface area contributed by atoms with Crippen LogP contribution in [-0.2, 0) is 14.3 Å². The number of hydrogen-bond acceptors (Lipinski definition) is 4. The molecule has 1 atom stereocenters. The zero-order valence-electron chi connectivity index (χ0n) is 13.6. The maximum atomic E-state index is 12.1. The predicted molar refractivity (Wildman–Crippen MR) is 89.5 cm³/mol. The van der Waals surface area contributed by atoms with E-state index in [1.807, 2.05) is 39.0 Å². The molecule has 1 unspecified atom stereocenters. The first-order chi connectivity index (χ1) is 10.5. The molecule has 122 valence electrons. The first-order valence-electron chi connectivity index (χ1n) is 7.61. The molecule has 0 heterocycles. The van der Waals surface area contributed by atoms with Gasteiger partial charge in [0, 0.05) is 0 Å². The molecule has 1 rings (SSSR count). The van der Waals surface area contributed by atoms with Crippen molar-refractivity contribution in [2.45, 2.75) is 40.2 Å². The van der Waals surface area contributed by atoms with Crippen LogP contribution in [0.25, 0.3) is 0 Å². The number of esters is 1. The molecule has 1 aromatic rings. The maximum Gasteiger partial charge on any atom is 0.331 e. The van der Waals surface area contributed by atoms with Crippen molar-refractivity contribution in [1.82, 2.24) is 0 Å². The number of nitrogens with zero attached hydrogens (tertiary/aromatic N) is 1. The molecule has 4 nitrogen and oxygen atoms in total. The number of rotatable bonds is 7. The van der Waals surface area contributed by atoms with E-state index in [4.69, 9.17) is 21.1 Å². The van der Waals surface area contributed by atoms with Gasteiger partial charge in [0.2, 0.25) is 5.90 Å². The lowest BCUT2D eigenvalue weighted by Gasteiger charge is -2.16. The maximum absolute atomic E-state index is 12.1. The second kappa shape index (κ2) is 9.46. The minimum Gasteiger partial charge on any atom is -0.478 e. The molecule has 0 radical (unpaired) electrons. The Morgan fingerprint density at radius 3 is 2.36 bits per heavy atom. The number of halogens is 1. The smallest absolute Gasteiger partial charge is 0.331 e. The van der Waals surface area contributed by atoms with Crippen LogP contribution in [0.2, 0.25) is 5.02 Å². The average molecular weight is 326 g/mol. The van der Waals surface area contributed by atoms with Crippen LogP contribution >= 0.6 is 11.6 Å². The van der Waals surface area contributed by atoms with E-state index in [9.17, 15) is 4.79 Å². The van der Waals surface area contributed by atoms with E-state index in [2.05, 4.69) is 4.99 Å². The Bertz CT molecular complexity index is 514. The molecule has 0 aliphatic heterocycles. The van der Waals surface area contributed by atoms with Crippen LogP contribution in [0, 0.1) is 5.92 Å². The molecular weight excluding hydrogens is 302 g/mol. The predicted octanol–water partition coefficient (Wildman–Crippen LogP) is 4.10. The first-order valence-corrected chi connectivity index (χ1v) is 7.99. The third-order valence-electron chi connectivity index (χ3n) is 2.91. The van der Waals surface area contributed by atoms with Crippen molar-refractivity contribution in [1.29, 1.82) is 0 Å². The number of hydrogen-bond donors (Lipinski definition) is 0. The van der Waals surface area contributed by atoms with Gasteiger partial charge < -0.3 is 9.47 Å². The minimum absolute atomic E-state index is 0.312. The summed E-state index contributed by atoms with van der Waals surface area (Å²) in [5, 5.41) is 0.543. The van der Waals surface area contributed by atoms with Crippen molar-refractivity contribution in [3.05, 3.63) is 34.9 Å². The summed E-state index contributed by atoms with van der Waals surface area (Å²) in [6.07, 6.45) is 0.597. The molecule has 0 spiro atoms. The Kier molecular flexibility index (Phi) is 7.96. The molecule has 0 amide bonds. The fourth-order valence-electron chi connectivity index (χ4n) is 1.98. The first kappa shape index (κ1) is 18.5. The highest BCUT2D eigenvalue weighted by atomic mass is 35.5. The number of carbonyl (C=O) groups is 1. The van der Waals surface area contributed by atoms with Crippen LogP contribution < -0.4 is 0 Å². The van der Waals surface area contributed by atoms with Crippen LogP contribution in [0.5, 0.6) is 0 Å². The third-order valence-corrected chi connectivity index (χ3v) is 3.24. The molecule has 0 N–H and O–H groups in total.